The molecule has 0 spiro atoms. The Morgan fingerprint density at radius 3 is 2.71 bits per heavy atom. The minimum absolute atomic E-state index is 0.0293. The number of carbonyl (C=O) groups is 1. The first-order valence-electron chi connectivity index (χ1n) is 7.50. The minimum Gasteiger partial charge on any atom is -0.393 e. The fraction of sp³-hybridized carbons (Fsp3) is 0.312. The molecule has 0 aliphatic heterocycles. The van der Waals surface area contributed by atoms with E-state index in [-0.39, 0.29) is 11.9 Å². The molecule has 0 fully saturated rings. The molecule has 1 aromatic carbocycles. The SMILES string of the molecule is COCC(C)Nc1ncnc(NNC(=O)c2ccccc2C)c1N. The summed E-state index contributed by atoms with van der Waals surface area (Å²) in [7, 11) is 1.62. The molecule has 1 heterocycles. The van der Waals surface area contributed by atoms with Crippen molar-refractivity contribution in [1.82, 2.24) is 15.4 Å². The van der Waals surface area contributed by atoms with Crippen molar-refractivity contribution in [1.29, 1.82) is 0 Å². The van der Waals surface area contributed by atoms with Crippen molar-refractivity contribution in [3.05, 3.63) is 41.7 Å². The lowest BCUT2D eigenvalue weighted by atomic mass is 10.1. The van der Waals surface area contributed by atoms with Crippen LogP contribution >= 0.6 is 0 Å². The summed E-state index contributed by atoms with van der Waals surface area (Å²) in [6.45, 7) is 4.32. The summed E-state index contributed by atoms with van der Waals surface area (Å²) in [5.41, 5.74) is 13.1. The molecule has 8 heteroatoms. The molecular formula is C16H22N6O2. The Morgan fingerprint density at radius 1 is 1.29 bits per heavy atom. The summed E-state index contributed by atoms with van der Waals surface area (Å²) >= 11 is 0. The van der Waals surface area contributed by atoms with E-state index in [0.717, 1.165) is 5.56 Å². The quantitative estimate of drug-likeness (QED) is 0.570. The van der Waals surface area contributed by atoms with Crippen molar-refractivity contribution in [3.63, 3.8) is 0 Å². The average Bonchev–Trinajstić information content (AvgIpc) is 2.56. The van der Waals surface area contributed by atoms with Crippen LogP contribution in [0.25, 0.3) is 0 Å². The largest absolute Gasteiger partial charge is 0.393 e. The third kappa shape index (κ3) is 4.32. The molecule has 128 valence electrons. The second-order valence-corrected chi connectivity index (χ2v) is 5.38. The number of nitrogens with zero attached hydrogens (tertiary/aromatic N) is 2. The summed E-state index contributed by atoms with van der Waals surface area (Å²) in [6.07, 6.45) is 1.36. The Hall–Kier alpha value is -2.87. The lowest BCUT2D eigenvalue weighted by molar-refractivity contribution is 0.0962. The summed E-state index contributed by atoms with van der Waals surface area (Å²) in [5, 5.41) is 3.13. The number of amides is 1. The fourth-order valence-electron chi connectivity index (χ4n) is 2.15. The Kier molecular flexibility index (Phi) is 5.91. The number of hydrogen-bond acceptors (Lipinski definition) is 7. The average molecular weight is 330 g/mol. The fourth-order valence-corrected chi connectivity index (χ4v) is 2.15. The predicted molar refractivity (Wildman–Crippen MR) is 93.7 cm³/mol. The molecule has 1 atom stereocenters. The number of carbonyl (C=O) groups excluding carboxylic acids is 1. The number of nitrogen functional groups attached to an aromatic ring is 1. The van der Waals surface area contributed by atoms with Crippen molar-refractivity contribution >= 4 is 23.2 Å². The molecule has 0 radical (unpaired) electrons. The van der Waals surface area contributed by atoms with Gasteiger partial charge in [-0.25, -0.2) is 9.97 Å². The normalized spacial score (nSPS) is 11.6. The summed E-state index contributed by atoms with van der Waals surface area (Å²) in [6, 6.07) is 7.32. The van der Waals surface area contributed by atoms with E-state index in [0.29, 0.717) is 29.5 Å². The number of hydrogen-bond donors (Lipinski definition) is 4. The first-order valence-corrected chi connectivity index (χ1v) is 7.50. The minimum atomic E-state index is -0.270. The first-order chi connectivity index (χ1) is 11.5. The molecule has 2 rings (SSSR count). The van der Waals surface area contributed by atoms with Gasteiger partial charge in [-0.3, -0.25) is 15.6 Å². The van der Waals surface area contributed by atoms with E-state index in [1.165, 1.54) is 6.33 Å². The Morgan fingerprint density at radius 2 is 2.00 bits per heavy atom. The molecule has 1 unspecified atom stereocenters. The lowest BCUT2D eigenvalue weighted by Crippen LogP contribution is -2.31. The van der Waals surface area contributed by atoms with Gasteiger partial charge < -0.3 is 15.8 Å². The lowest BCUT2D eigenvalue weighted by Gasteiger charge is -2.17. The van der Waals surface area contributed by atoms with E-state index in [1.807, 2.05) is 26.0 Å². The summed E-state index contributed by atoms with van der Waals surface area (Å²) in [4.78, 5) is 20.4. The van der Waals surface area contributed by atoms with Crippen LogP contribution in [0.2, 0.25) is 0 Å². The van der Waals surface area contributed by atoms with Gasteiger partial charge in [0.25, 0.3) is 5.91 Å². The maximum atomic E-state index is 12.2. The molecule has 1 aromatic heterocycles. The smallest absolute Gasteiger partial charge is 0.269 e. The van der Waals surface area contributed by atoms with Crippen LogP contribution in [0.1, 0.15) is 22.8 Å². The Balaban J connectivity index is 2.05. The number of rotatable bonds is 7. The van der Waals surface area contributed by atoms with Gasteiger partial charge in [-0.2, -0.15) is 0 Å². The van der Waals surface area contributed by atoms with Gasteiger partial charge in [0.1, 0.15) is 12.0 Å². The number of aromatic nitrogens is 2. The zero-order chi connectivity index (χ0) is 17.5. The van der Waals surface area contributed by atoms with Crippen LogP contribution in [0.4, 0.5) is 17.3 Å². The molecule has 0 saturated carbocycles. The zero-order valence-electron chi connectivity index (χ0n) is 14.0. The highest BCUT2D eigenvalue weighted by Crippen LogP contribution is 2.22. The number of nitrogens with two attached hydrogens (primary N) is 1. The van der Waals surface area contributed by atoms with Gasteiger partial charge in [-0.1, -0.05) is 18.2 Å². The van der Waals surface area contributed by atoms with E-state index < -0.39 is 0 Å². The van der Waals surface area contributed by atoms with Gasteiger partial charge in [0.05, 0.1) is 6.61 Å². The molecule has 0 aliphatic rings. The maximum Gasteiger partial charge on any atom is 0.269 e. The van der Waals surface area contributed by atoms with Gasteiger partial charge >= 0.3 is 0 Å². The standard InChI is InChI=1S/C16H22N6O2/c1-10-6-4-5-7-12(10)16(23)22-21-15-13(17)14(18-9-19-15)20-11(2)8-24-3/h4-7,9,11H,8,17H2,1-3H3,(H,22,23)(H2,18,19,20,21). The van der Waals surface area contributed by atoms with Gasteiger partial charge in [0.2, 0.25) is 0 Å². The molecular weight excluding hydrogens is 308 g/mol. The van der Waals surface area contributed by atoms with E-state index in [4.69, 9.17) is 10.5 Å². The molecule has 8 nitrogen and oxygen atoms in total. The third-order valence-electron chi connectivity index (χ3n) is 3.37. The third-order valence-corrected chi connectivity index (χ3v) is 3.37. The number of hydrazine groups is 1. The molecule has 0 bridgehead atoms. The number of ether oxygens (including phenoxy) is 1. The first kappa shape index (κ1) is 17.5. The number of benzene rings is 1. The van der Waals surface area contributed by atoms with Crippen LogP contribution < -0.4 is 21.9 Å². The molecule has 5 N–H and O–H groups in total. The number of aryl methyl sites for hydroxylation is 1. The van der Waals surface area contributed by atoms with E-state index in [2.05, 4.69) is 26.1 Å². The molecule has 1 amide bonds. The van der Waals surface area contributed by atoms with E-state index in [9.17, 15) is 4.79 Å². The van der Waals surface area contributed by atoms with Crippen LogP contribution in [0.5, 0.6) is 0 Å². The molecule has 2 aromatic rings. The zero-order valence-corrected chi connectivity index (χ0v) is 14.0. The van der Waals surface area contributed by atoms with Crippen LogP contribution in [-0.4, -0.2) is 35.6 Å². The molecule has 0 saturated heterocycles. The number of methoxy groups -OCH3 is 1. The van der Waals surface area contributed by atoms with Gasteiger partial charge in [0.15, 0.2) is 11.6 Å². The highest BCUT2D eigenvalue weighted by Gasteiger charge is 2.12. The molecule has 24 heavy (non-hydrogen) atoms. The second-order valence-electron chi connectivity index (χ2n) is 5.38. The number of nitrogens with one attached hydrogen (secondary N) is 3. The highest BCUT2D eigenvalue weighted by molar-refractivity contribution is 5.96. The van der Waals surface area contributed by atoms with Crippen molar-refractivity contribution in [2.45, 2.75) is 19.9 Å². The van der Waals surface area contributed by atoms with Gasteiger partial charge in [-0.15, -0.1) is 0 Å². The summed E-state index contributed by atoms with van der Waals surface area (Å²) in [5.74, 6) is 0.523. The van der Waals surface area contributed by atoms with Crippen molar-refractivity contribution in [2.75, 3.05) is 30.2 Å². The second kappa shape index (κ2) is 8.11. The van der Waals surface area contributed by atoms with Crippen LogP contribution in [-0.2, 0) is 4.74 Å². The number of anilines is 3. The van der Waals surface area contributed by atoms with Crippen molar-refractivity contribution in [2.24, 2.45) is 0 Å². The van der Waals surface area contributed by atoms with E-state index in [1.54, 1.807) is 19.2 Å². The predicted octanol–water partition coefficient (Wildman–Crippen LogP) is 1.57. The monoisotopic (exact) mass is 330 g/mol. The van der Waals surface area contributed by atoms with Crippen LogP contribution in [0.15, 0.2) is 30.6 Å². The summed E-state index contributed by atoms with van der Waals surface area (Å²) < 4.78 is 5.07. The highest BCUT2D eigenvalue weighted by atomic mass is 16.5. The van der Waals surface area contributed by atoms with Gasteiger partial charge in [0, 0.05) is 18.7 Å². The van der Waals surface area contributed by atoms with Gasteiger partial charge in [-0.05, 0) is 25.5 Å². The Labute approximate surface area is 140 Å². The van der Waals surface area contributed by atoms with Crippen molar-refractivity contribution < 1.29 is 9.53 Å². The Bertz CT molecular complexity index is 707. The topological polar surface area (TPSA) is 114 Å². The van der Waals surface area contributed by atoms with Crippen molar-refractivity contribution in [3.8, 4) is 0 Å². The molecule has 0 aliphatic carbocycles. The van der Waals surface area contributed by atoms with E-state index >= 15 is 0 Å². The van der Waals surface area contributed by atoms with Crippen LogP contribution in [0.3, 0.4) is 0 Å². The maximum absolute atomic E-state index is 12.2. The van der Waals surface area contributed by atoms with Crippen LogP contribution in [0, 0.1) is 6.92 Å².